The Balaban J connectivity index is 1.48. The molecule has 1 unspecified atom stereocenters. The van der Waals surface area contributed by atoms with Gasteiger partial charge in [-0.25, -0.2) is 4.99 Å². The molecule has 2 atom stereocenters. The minimum Gasteiger partial charge on any atom is -0.349 e. The first-order valence-corrected chi connectivity index (χ1v) is 9.63. The topological polar surface area (TPSA) is 36.4 Å². The van der Waals surface area contributed by atoms with Crippen molar-refractivity contribution < 1.29 is 0 Å². The summed E-state index contributed by atoms with van der Waals surface area (Å²) in [5.41, 5.74) is 6.48. The number of guanidine groups is 1. The van der Waals surface area contributed by atoms with Crippen LogP contribution in [-0.4, -0.2) is 5.96 Å². The van der Waals surface area contributed by atoms with Gasteiger partial charge in [0, 0.05) is 11.3 Å². The fourth-order valence-electron chi connectivity index (χ4n) is 3.84. The summed E-state index contributed by atoms with van der Waals surface area (Å²) in [4.78, 5) is 5.00. The van der Waals surface area contributed by atoms with Gasteiger partial charge in [0.2, 0.25) is 0 Å². The van der Waals surface area contributed by atoms with E-state index >= 15 is 0 Å². The SMILES string of the molecule is c1ccc2c(c1)CCC2NC1=N[C@H](c2ccsc2)c2ccccc2N1. The number of nitrogens with one attached hydrogen (secondary N) is 2. The molecule has 0 bridgehead atoms. The van der Waals surface area contributed by atoms with E-state index < -0.39 is 0 Å². The van der Waals surface area contributed by atoms with Crippen molar-refractivity contribution in [1.82, 2.24) is 5.32 Å². The Morgan fingerprint density at radius 3 is 2.72 bits per heavy atom. The lowest BCUT2D eigenvalue weighted by Gasteiger charge is -2.27. The summed E-state index contributed by atoms with van der Waals surface area (Å²) in [5, 5.41) is 11.5. The fourth-order valence-corrected chi connectivity index (χ4v) is 4.52. The normalized spacial score (nSPS) is 21.0. The molecule has 0 saturated carbocycles. The summed E-state index contributed by atoms with van der Waals surface area (Å²) in [7, 11) is 0. The molecule has 4 heteroatoms. The summed E-state index contributed by atoms with van der Waals surface area (Å²) in [6.07, 6.45) is 2.25. The van der Waals surface area contributed by atoms with Crippen LogP contribution >= 0.6 is 11.3 Å². The third-order valence-electron chi connectivity index (χ3n) is 5.07. The lowest BCUT2D eigenvalue weighted by atomic mass is 9.98. The summed E-state index contributed by atoms with van der Waals surface area (Å²) in [5.74, 6) is 0.872. The molecule has 25 heavy (non-hydrogen) atoms. The summed E-state index contributed by atoms with van der Waals surface area (Å²) in [6, 6.07) is 19.7. The maximum atomic E-state index is 5.00. The van der Waals surface area contributed by atoms with Crippen molar-refractivity contribution in [3.8, 4) is 0 Å². The maximum Gasteiger partial charge on any atom is 0.197 e. The zero-order valence-corrected chi connectivity index (χ0v) is 14.6. The third-order valence-corrected chi connectivity index (χ3v) is 5.77. The van der Waals surface area contributed by atoms with Crippen molar-refractivity contribution >= 4 is 23.0 Å². The van der Waals surface area contributed by atoms with Crippen LogP contribution in [0.15, 0.2) is 70.3 Å². The first-order valence-electron chi connectivity index (χ1n) is 8.69. The second-order valence-corrected chi connectivity index (χ2v) is 7.36. The van der Waals surface area contributed by atoms with Crippen molar-refractivity contribution in [3.63, 3.8) is 0 Å². The Kier molecular flexibility index (Phi) is 3.56. The fraction of sp³-hybridized carbons (Fsp3) is 0.190. The molecule has 2 aliphatic rings. The summed E-state index contributed by atoms with van der Waals surface area (Å²) >= 11 is 1.72. The predicted molar refractivity (Wildman–Crippen MR) is 104 cm³/mol. The number of fused-ring (bicyclic) bond motifs is 2. The van der Waals surface area contributed by atoms with E-state index in [1.807, 2.05) is 0 Å². The van der Waals surface area contributed by atoms with Crippen molar-refractivity contribution in [2.75, 3.05) is 5.32 Å². The predicted octanol–water partition coefficient (Wildman–Crippen LogP) is 4.90. The molecule has 2 N–H and O–H groups in total. The molecule has 1 aromatic heterocycles. The first kappa shape index (κ1) is 14.7. The number of para-hydroxylation sites is 1. The highest BCUT2D eigenvalue weighted by atomic mass is 32.1. The quantitative estimate of drug-likeness (QED) is 0.693. The highest BCUT2D eigenvalue weighted by Crippen LogP contribution is 2.36. The molecule has 2 heterocycles. The van der Waals surface area contributed by atoms with E-state index in [2.05, 4.69) is 76.0 Å². The van der Waals surface area contributed by atoms with E-state index in [0.717, 1.165) is 24.5 Å². The van der Waals surface area contributed by atoms with Crippen molar-refractivity contribution in [2.45, 2.75) is 24.9 Å². The number of anilines is 1. The average molecular weight is 345 g/mol. The van der Waals surface area contributed by atoms with E-state index in [9.17, 15) is 0 Å². The van der Waals surface area contributed by atoms with Crippen molar-refractivity contribution in [1.29, 1.82) is 0 Å². The first-order chi connectivity index (χ1) is 12.4. The molecule has 0 amide bonds. The number of rotatable bonds is 2. The van der Waals surface area contributed by atoms with Gasteiger partial charge in [0.1, 0.15) is 6.04 Å². The molecular weight excluding hydrogens is 326 g/mol. The van der Waals surface area contributed by atoms with Gasteiger partial charge in [-0.05, 0) is 52.4 Å². The zero-order chi connectivity index (χ0) is 16.6. The van der Waals surface area contributed by atoms with Gasteiger partial charge in [-0.2, -0.15) is 11.3 Å². The van der Waals surface area contributed by atoms with E-state index in [1.54, 1.807) is 11.3 Å². The monoisotopic (exact) mass is 345 g/mol. The summed E-state index contributed by atoms with van der Waals surface area (Å²) < 4.78 is 0. The van der Waals surface area contributed by atoms with Crippen LogP contribution < -0.4 is 10.6 Å². The Hall–Kier alpha value is -2.59. The number of hydrogen-bond donors (Lipinski definition) is 2. The van der Waals surface area contributed by atoms with Gasteiger partial charge in [-0.1, -0.05) is 42.5 Å². The molecule has 124 valence electrons. The molecule has 0 saturated heterocycles. The van der Waals surface area contributed by atoms with E-state index in [1.165, 1.54) is 22.3 Å². The van der Waals surface area contributed by atoms with E-state index in [4.69, 9.17) is 4.99 Å². The van der Waals surface area contributed by atoms with Crippen LogP contribution in [0, 0.1) is 0 Å². The molecule has 3 nitrogen and oxygen atoms in total. The molecule has 5 rings (SSSR count). The van der Waals surface area contributed by atoms with Crippen LogP contribution in [0.25, 0.3) is 0 Å². The lowest BCUT2D eigenvalue weighted by molar-refractivity contribution is 0.633. The Morgan fingerprint density at radius 1 is 1.00 bits per heavy atom. The van der Waals surface area contributed by atoms with Crippen LogP contribution in [0.5, 0.6) is 0 Å². The van der Waals surface area contributed by atoms with Gasteiger partial charge in [-0.3, -0.25) is 0 Å². The second-order valence-electron chi connectivity index (χ2n) is 6.58. The second kappa shape index (κ2) is 6.05. The van der Waals surface area contributed by atoms with Gasteiger partial charge in [0.15, 0.2) is 5.96 Å². The number of aliphatic imine (C=N–C) groups is 1. The zero-order valence-electron chi connectivity index (χ0n) is 13.8. The molecule has 3 aromatic rings. The van der Waals surface area contributed by atoms with Crippen LogP contribution in [0.1, 0.15) is 40.8 Å². The van der Waals surface area contributed by atoms with Crippen LogP contribution in [0.4, 0.5) is 5.69 Å². The number of nitrogens with zero attached hydrogens (tertiary/aromatic N) is 1. The van der Waals surface area contributed by atoms with Gasteiger partial charge < -0.3 is 10.6 Å². The van der Waals surface area contributed by atoms with Gasteiger partial charge in [-0.15, -0.1) is 0 Å². The maximum absolute atomic E-state index is 5.00. The van der Waals surface area contributed by atoms with Gasteiger partial charge in [0.05, 0.1) is 6.04 Å². The van der Waals surface area contributed by atoms with Gasteiger partial charge in [0.25, 0.3) is 0 Å². The van der Waals surface area contributed by atoms with Crippen LogP contribution in [0.2, 0.25) is 0 Å². The number of benzene rings is 2. The Labute approximate surface area is 151 Å². The molecule has 1 aliphatic carbocycles. The standard InChI is InChI=1S/C21H19N3S/c1-2-6-16-14(5-1)9-10-19(16)23-21-22-18-8-4-3-7-17(18)20(24-21)15-11-12-25-13-15/h1-8,11-13,19-20H,9-10H2,(H2,22,23,24)/t19?,20-/m1/s1. The van der Waals surface area contributed by atoms with Crippen molar-refractivity contribution in [3.05, 3.63) is 87.6 Å². The average Bonchev–Trinajstić information content (AvgIpc) is 3.32. The number of aryl methyl sites for hydroxylation is 1. The van der Waals surface area contributed by atoms with Crippen LogP contribution in [0.3, 0.4) is 0 Å². The molecule has 1 aliphatic heterocycles. The highest BCUT2D eigenvalue weighted by Gasteiger charge is 2.27. The van der Waals surface area contributed by atoms with Crippen molar-refractivity contribution in [2.24, 2.45) is 4.99 Å². The molecular formula is C21H19N3S. The third kappa shape index (κ3) is 2.63. The molecule has 0 spiro atoms. The molecule has 2 aromatic carbocycles. The molecule has 0 fully saturated rings. The van der Waals surface area contributed by atoms with E-state index in [0.29, 0.717) is 6.04 Å². The smallest absolute Gasteiger partial charge is 0.197 e. The summed E-state index contributed by atoms with van der Waals surface area (Å²) in [6.45, 7) is 0. The largest absolute Gasteiger partial charge is 0.349 e. The number of thiophene rings is 1. The Morgan fingerprint density at radius 2 is 1.84 bits per heavy atom. The van der Waals surface area contributed by atoms with Crippen LogP contribution in [-0.2, 0) is 6.42 Å². The number of hydrogen-bond acceptors (Lipinski definition) is 4. The minimum atomic E-state index is 0.0582. The van der Waals surface area contributed by atoms with E-state index in [-0.39, 0.29) is 6.04 Å². The highest BCUT2D eigenvalue weighted by molar-refractivity contribution is 7.08. The van der Waals surface area contributed by atoms with Gasteiger partial charge >= 0.3 is 0 Å². The minimum absolute atomic E-state index is 0.0582. The Bertz CT molecular complexity index is 930. The molecule has 0 radical (unpaired) electrons. The lowest BCUT2D eigenvalue weighted by Crippen LogP contribution is -2.36.